The highest BCUT2D eigenvalue weighted by atomic mass is 16.4. The van der Waals surface area contributed by atoms with E-state index in [0.717, 1.165) is 0 Å². The maximum Gasteiger partial charge on any atom is 0.321 e. The predicted molar refractivity (Wildman–Crippen MR) is 59.4 cm³/mol. The molecule has 0 aliphatic carbocycles. The van der Waals surface area contributed by atoms with Gasteiger partial charge >= 0.3 is 12.0 Å². The number of hydrogen-bond acceptors (Lipinski definition) is 4. The minimum atomic E-state index is -0.836. The molecule has 0 aromatic rings. The van der Waals surface area contributed by atoms with Gasteiger partial charge in [0, 0.05) is 13.1 Å². The number of urea groups is 1. The van der Waals surface area contributed by atoms with Gasteiger partial charge < -0.3 is 10.4 Å². The first-order valence-corrected chi connectivity index (χ1v) is 5.55. The lowest BCUT2D eigenvalue weighted by Gasteiger charge is -2.14. The number of carboxylic acid groups (broad SMARTS) is 1. The van der Waals surface area contributed by atoms with Crippen molar-refractivity contribution in [3.05, 3.63) is 0 Å². The van der Waals surface area contributed by atoms with Crippen molar-refractivity contribution < 1.29 is 19.5 Å². The van der Waals surface area contributed by atoms with E-state index < -0.39 is 23.8 Å². The van der Waals surface area contributed by atoms with Crippen LogP contribution in [0, 0.1) is 5.92 Å². The fourth-order valence-corrected chi connectivity index (χ4v) is 1.75. The molecular formula is C10H17N3O4. The van der Waals surface area contributed by atoms with Crippen molar-refractivity contribution in [2.45, 2.75) is 13.3 Å². The van der Waals surface area contributed by atoms with E-state index in [0.29, 0.717) is 26.1 Å². The number of nitrogens with one attached hydrogen (secondary N) is 2. The van der Waals surface area contributed by atoms with Gasteiger partial charge in [-0.25, -0.2) is 4.79 Å². The van der Waals surface area contributed by atoms with Crippen LogP contribution in [0.5, 0.6) is 0 Å². The number of amides is 3. The summed E-state index contributed by atoms with van der Waals surface area (Å²) in [6.45, 7) is 3.19. The number of rotatable bonds is 4. The van der Waals surface area contributed by atoms with Crippen LogP contribution in [-0.2, 0) is 9.59 Å². The van der Waals surface area contributed by atoms with Crippen molar-refractivity contribution in [2.75, 3.05) is 26.2 Å². The van der Waals surface area contributed by atoms with Crippen LogP contribution in [0.2, 0.25) is 0 Å². The summed E-state index contributed by atoms with van der Waals surface area (Å²) < 4.78 is 0. The first kappa shape index (κ1) is 13.4. The van der Waals surface area contributed by atoms with Crippen molar-refractivity contribution >= 4 is 17.9 Å². The minimum Gasteiger partial charge on any atom is -0.481 e. The molecule has 7 nitrogen and oxygen atoms in total. The number of likely N-dealkylation sites (tertiary alicyclic amines) is 1. The second-order valence-corrected chi connectivity index (χ2v) is 3.97. The summed E-state index contributed by atoms with van der Waals surface area (Å²) in [5, 5.41) is 13.4. The van der Waals surface area contributed by atoms with Crippen LogP contribution < -0.4 is 10.6 Å². The molecule has 0 aromatic heterocycles. The second-order valence-electron chi connectivity index (χ2n) is 3.97. The topological polar surface area (TPSA) is 98.7 Å². The van der Waals surface area contributed by atoms with E-state index in [2.05, 4.69) is 10.6 Å². The molecule has 0 aromatic carbocycles. The molecule has 3 N–H and O–H groups in total. The van der Waals surface area contributed by atoms with Crippen molar-refractivity contribution in [3.63, 3.8) is 0 Å². The predicted octanol–water partition coefficient (Wildman–Crippen LogP) is -0.761. The average Bonchev–Trinajstić information content (AvgIpc) is 2.66. The summed E-state index contributed by atoms with van der Waals surface area (Å²) in [4.78, 5) is 34.9. The maximum atomic E-state index is 11.4. The van der Waals surface area contributed by atoms with Crippen LogP contribution in [0.15, 0.2) is 0 Å². The fraction of sp³-hybridized carbons (Fsp3) is 0.700. The van der Waals surface area contributed by atoms with Crippen molar-refractivity contribution in [2.24, 2.45) is 5.92 Å². The third-order valence-electron chi connectivity index (χ3n) is 2.58. The van der Waals surface area contributed by atoms with Gasteiger partial charge in [0.15, 0.2) is 0 Å². The van der Waals surface area contributed by atoms with Gasteiger partial charge in [0.1, 0.15) is 0 Å². The highest BCUT2D eigenvalue weighted by Gasteiger charge is 2.29. The number of carbonyl (C=O) groups is 3. The molecule has 7 heteroatoms. The molecule has 1 aliphatic heterocycles. The third-order valence-corrected chi connectivity index (χ3v) is 2.58. The van der Waals surface area contributed by atoms with Gasteiger partial charge in [-0.2, -0.15) is 0 Å². The van der Waals surface area contributed by atoms with E-state index in [9.17, 15) is 14.4 Å². The Balaban J connectivity index is 2.28. The van der Waals surface area contributed by atoms with Gasteiger partial charge in [-0.05, 0) is 19.9 Å². The monoisotopic (exact) mass is 243 g/mol. The smallest absolute Gasteiger partial charge is 0.321 e. The van der Waals surface area contributed by atoms with Crippen LogP contribution in [0.25, 0.3) is 0 Å². The Kier molecular flexibility index (Phi) is 4.89. The lowest BCUT2D eigenvalue weighted by molar-refractivity contribution is -0.141. The minimum absolute atomic E-state index is 0.0565. The summed E-state index contributed by atoms with van der Waals surface area (Å²) in [5.74, 6) is -1.66. The molecule has 1 saturated heterocycles. The first-order chi connectivity index (χ1) is 8.02. The van der Waals surface area contributed by atoms with Crippen LogP contribution in [0.3, 0.4) is 0 Å². The molecule has 0 spiro atoms. The molecule has 17 heavy (non-hydrogen) atoms. The lowest BCUT2D eigenvalue weighted by atomic mass is 10.1. The van der Waals surface area contributed by atoms with Crippen molar-refractivity contribution in [1.29, 1.82) is 0 Å². The number of aliphatic carboxylic acids is 1. The molecule has 3 amide bonds. The summed E-state index contributed by atoms with van der Waals surface area (Å²) in [7, 11) is 0. The molecule has 0 radical (unpaired) electrons. The highest BCUT2D eigenvalue weighted by molar-refractivity contribution is 5.95. The van der Waals surface area contributed by atoms with Gasteiger partial charge in [0.25, 0.3) is 0 Å². The number of imide groups is 1. The number of carboxylic acids is 1. The van der Waals surface area contributed by atoms with E-state index in [1.165, 1.54) is 0 Å². The molecule has 1 fully saturated rings. The SMILES string of the molecule is CCNC(=O)NC(=O)CN1CCC(C(=O)O)C1. The van der Waals surface area contributed by atoms with E-state index >= 15 is 0 Å². The molecular weight excluding hydrogens is 226 g/mol. The summed E-state index contributed by atoms with van der Waals surface area (Å²) in [6, 6.07) is -0.522. The number of hydrogen-bond donors (Lipinski definition) is 3. The Morgan fingerprint density at radius 1 is 1.41 bits per heavy atom. The summed E-state index contributed by atoms with van der Waals surface area (Å²) in [6.07, 6.45) is 0.545. The molecule has 96 valence electrons. The quantitative estimate of drug-likeness (QED) is 0.602. The standard InChI is InChI=1S/C10H17N3O4/c1-2-11-10(17)12-8(14)6-13-4-3-7(5-13)9(15)16/h7H,2-6H2,1H3,(H,15,16)(H2,11,12,14,17). The lowest BCUT2D eigenvalue weighted by Crippen LogP contribution is -2.44. The van der Waals surface area contributed by atoms with Gasteiger partial charge in [0.05, 0.1) is 12.5 Å². The Bertz CT molecular complexity index is 319. The normalized spacial score (nSPS) is 19.9. The van der Waals surface area contributed by atoms with Crippen molar-refractivity contribution in [1.82, 2.24) is 15.5 Å². The van der Waals surface area contributed by atoms with Crippen LogP contribution in [0.4, 0.5) is 4.79 Å². The second kappa shape index (κ2) is 6.19. The molecule has 1 heterocycles. The average molecular weight is 243 g/mol. The van der Waals surface area contributed by atoms with E-state index in [1.807, 2.05) is 0 Å². The Morgan fingerprint density at radius 3 is 2.65 bits per heavy atom. The molecule has 1 rings (SSSR count). The number of carbonyl (C=O) groups excluding carboxylic acids is 2. The van der Waals surface area contributed by atoms with Crippen LogP contribution in [0.1, 0.15) is 13.3 Å². The Hall–Kier alpha value is -1.63. The van der Waals surface area contributed by atoms with E-state index in [4.69, 9.17) is 5.11 Å². The molecule has 0 saturated carbocycles. The Labute approximate surface area is 99.2 Å². The van der Waals surface area contributed by atoms with Gasteiger partial charge in [-0.3, -0.25) is 19.8 Å². The Morgan fingerprint density at radius 2 is 2.12 bits per heavy atom. The summed E-state index contributed by atoms with van der Waals surface area (Å²) in [5.41, 5.74) is 0. The van der Waals surface area contributed by atoms with E-state index in [-0.39, 0.29) is 6.54 Å². The molecule has 1 aliphatic rings. The van der Waals surface area contributed by atoms with Crippen LogP contribution >= 0.6 is 0 Å². The fourth-order valence-electron chi connectivity index (χ4n) is 1.75. The third kappa shape index (κ3) is 4.39. The highest BCUT2D eigenvalue weighted by Crippen LogP contribution is 2.15. The number of nitrogens with zero attached hydrogens (tertiary/aromatic N) is 1. The van der Waals surface area contributed by atoms with Gasteiger partial charge in [-0.1, -0.05) is 0 Å². The molecule has 1 atom stereocenters. The largest absolute Gasteiger partial charge is 0.481 e. The van der Waals surface area contributed by atoms with Gasteiger partial charge in [0.2, 0.25) is 5.91 Å². The first-order valence-electron chi connectivity index (χ1n) is 5.55. The molecule has 0 bridgehead atoms. The zero-order valence-corrected chi connectivity index (χ0v) is 9.73. The van der Waals surface area contributed by atoms with E-state index in [1.54, 1.807) is 11.8 Å². The zero-order chi connectivity index (χ0) is 12.8. The van der Waals surface area contributed by atoms with Crippen molar-refractivity contribution in [3.8, 4) is 0 Å². The molecule has 1 unspecified atom stereocenters. The zero-order valence-electron chi connectivity index (χ0n) is 9.73. The van der Waals surface area contributed by atoms with Crippen LogP contribution in [-0.4, -0.2) is 54.1 Å². The maximum absolute atomic E-state index is 11.4. The summed E-state index contributed by atoms with van der Waals surface area (Å²) >= 11 is 0. The van der Waals surface area contributed by atoms with Gasteiger partial charge in [-0.15, -0.1) is 0 Å².